The molecule has 0 unspecified atom stereocenters. The highest BCUT2D eigenvalue weighted by Crippen LogP contribution is 2.29. The predicted octanol–water partition coefficient (Wildman–Crippen LogP) is 2.40. The Bertz CT molecular complexity index is 585. The van der Waals surface area contributed by atoms with E-state index in [1.807, 2.05) is 31.3 Å². The highest BCUT2D eigenvalue weighted by Gasteiger charge is 2.26. The number of fused-ring (bicyclic) bond motifs is 1. The van der Waals surface area contributed by atoms with E-state index in [4.69, 9.17) is 4.42 Å². The fourth-order valence-electron chi connectivity index (χ4n) is 2.68. The van der Waals surface area contributed by atoms with E-state index in [1.54, 1.807) is 11.2 Å². The first kappa shape index (κ1) is 12.2. The van der Waals surface area contributed by atoms with E-state index in [9.17, 15) is 4.79 Å². The summed E-state index contributed by atoms with van der Waals surface area (Å²) in [6.45, 7) is 1.85. The van der Waals surface area contributed by atoms with Gasteiger partial charge in [0.15, 0.2) is 0 Å². The molecule has 1 amide bonds. The van der Waals surface area contributed by atoms with Crippen LogP contribution in [-0.2, 0) is 4.79 Å². The molecule has 1 aliphatic rings. The highest BCUT2D eigenvalue weighted by molar-refractivity contribution is 6.02. The summed E-state index contributed by atoms with van der Waals surface area (Å²) in [6, 6.07) is 7.80. The molecule has 0 aliphatic carbocycles. The van der Waals surface area contributed by atoms with Crippen molar-refractivity contribution in [3.8, 4) is 0 Å². The summed E-state index contributed by atoms with van der Waals surface area (Å²) < 4.78 is 5.50. The van der Waals surface area contributed by atoms with Crippen LogP contribution in [0.3, 0.4) is 0 Å². The highest BCUT2D eigenvalue weighted by atomic mass is 16.3. The Balaban J connectivity index is 1.86. The number of rotatable bonds is 2. The van der Waals surface area contributed by atoms with Gasteiger partial charge in [-0.1, -0.05) is 12.1 Å². The summed E-state index contributed by atoms with van der Waals surface area (Å²) in [4.78, 5) is 14.2. The van der Waals surface area contributed by atoms with Crippen molar-refractivity contribution < 1.29 is 9.21 Å². The Morgan fingerprint density at radius 3 is 2.84 bits per heavy atom. The van der Waals surface area contributed by atoms with Gasteiger partial charge < -0.3 is 14.6 Å². The van der Waals surface area contributed by atoms with Crippen LogP contribution in [0.5, 0.6) is 0 Å². The van der Waals surface area contributed by atoms with Crippen LogP contribution in [0.2, 0.25) is 0 Å². The second-order valence-electron chi connectivity index (χ2n) is 5.04. The molecule has 1 aliphatic heterocycles. The number of piperidine rings is 1. The quantitative estimate of drug-likeness (QED) is 0.899. The average Bonchev–Trinajstić information content (AvgIpc) is 2.90. The van der Waals surface area contributed by atoms with Gasteiger partial charge in [-0.05, 0) is 38.1 Å². The maximum absolute atomic E-state index is 12.5. The summed E-state index contributed by atoms with van der Waals surface area (Å²) in [5.41, 5.74) is 1.68. The lowest BCUT2D eigenvalue weighted by Crippen LogP contribution is -2.39. The molecule has 19 heavy (non-hydrogen) atoms. The van der Waals surface area contributed by atoms with Crippen molar-refractivity contribution in [2.75, 3.05) is 25.0 Å². The largest absolute Gasteiger partial charge is 0.462 e. The molecule has 1 aromatic heterocycles. The van der Waals surface area contributed by atoms with Crippen LogP contribution < -0.4 is 10.2 Å². The van der Waals surface area contributed by atoms with E-state index >= 15 is 0 Å². The summed E-state index contributed by atoms with van der Waals surface area (Å²) >= 11 is 0. The molecular formula is C15H18N2O2. The van der Waals surface area contributed by atoms with Crippen LogP contribution in [0.25, 0.3) is 11.0 Å². The number of carbonyl (C=O) groups excluding carboxylic acids is 1. The van der Waals surface area contributed by atoms with Gasteiger partial charge in [0.1, 0.15) is 11.8 Å². The topological polar surface area (TPSA) is 45.5 Å². The van der Waals surface area contributed by atoms with Gasteiger partial charge in [0.05, 0.1) is 5.69 Å². The number of amides is 1. The molecule has 1 N–H and O–H groups in total. The minimum Gasteiger partial charge on any atom is -0.462 e. The Morgan fingerprint density at radius 2 is 2.05 bits per heavy atom. The summed E-state index contributed by atoms with van der Waals surface area (Å²) in [7, 11) is 1.83. The Kier molecular flexibility index (Phi) is 3.25. The minimum absolute atomic E-state index is 0.125. The summed E-state index contributed by atoms with van der Waals surface area (Å²) in [5.74, 6) is 0.313. The van der Waals surface area contributed by atoms with Gasteiger partial charge >= 0.3 is 0 Å². The number of nitrogens with zero attached hydrogens (tertiary/aromatic N) is 1. The monoisotopic (exact) mass is 258 g/mol. The van der Waals surface area contributed by atoms with Crippen molar-refractivity contribution in [2.45, 2.75) is 12.8 Å². The lowest BCUT2D eigenvalue weighted by Gasteiger charge is -2.26. The lowest BCUT2D eigenvalue weighted by atomic mass is 9.96. The van der Waals surface area contributed by atoms with Crippen LogP contribution in [0.1, 0.15) is 12.8 Å². The molecule has 1 fully saturated rings. The number of para-hydroxylation sites is 1. The zero-order valence-electron chi connectivity index (χ0n) is 11.1. The van der Waals surface area contributed by atoms with Crippen LogP contribution in [-0.4, -0.2) is 26.0 Å². The van der Waals surface area contributed by atoms with Gasteiger partial charge in [-0.2, -0.15) is 0 Å². The molecule has 0 radical (unpaired) electrons. The Hall–Kier alpha value is -1.81. The van der Waals surface area contributed by atoms with Crippen molar-refractivity contribution in [3.05, 3.63) is 30.5 Å². The number of carbonyl (C=O) groups is 1. The second kappa shape index (κ2) is 5.05. The number of hydrogen-bond donors (Lipinski definition) is 1. The number of hydrogen-bond acceptors (Lipinski definition) is 3. The van der Waals surface area contributed by atoms with Crippen LogP contribution in [0.15, 0.2) is 34.9 Å². The third kappa shape index (κ3) is 2.24. The molecular weight excluding hydrogens is 240 g/mol. The third-order valence-corrected chi connectivity index (χ3v) is 3.84. The average molecular weight is 258 g/mol. The fraction of sp³-hybridized carbons (Fsp3) is 0.400. The Labute approximate surface area is 112 Å². The first-order valence-corrected chi connectivity index (χ1v) is 6.72. The van der Waals surface area contributed by atoms with E-state index in [-0.39, 0.29) is 11.8 Å². The van der Waals surface area contributed by atoms with Gasteiger partial charge in [-0.3, -0.25) is 4.79 Å². The fourth-order valence-corrected chi connectivity index (χ4v) is 2.68. The maximum Gasteiger partial charge on any atom is 0.230 e. The predicted molar refractivity (Wildman–Crippen MR) is 75.2 cm³/mol. The lowest BCUT2D eigenvalue weighted by molar-refractivity contribution is -0.122. The van der Waals surface area contributed by atoms with Gasteiger partial charge in [0.25, 0.3) is 0 Å². The zero-order valence-corrected chi connectivity index (χ0v) is 11.1. The molecule has 0 bridgehead atoms. The van der Waals surface area contributed by atoms with Crippen LogP contribution in [0, 0.1) is 5.92 Å². The SMILES string of the molecule is CN(C(=O)C1CCNCC1)c1coc2ccccc12. The van der Waals surface area contributed by atoms with Gasteiger partial charge in [-0.25, -0.2) is 0 Å². The molecule has 1 saturated heterocycles. The third-order valence-electron chi connectivity index (χ3n) is 3.84. The van der Waals surface area contributed by atoms with E-state index in [1.165, 1.54) is 0 Å². The number of nitrogens with one attached hydrogen (secondary N) is 1. The van der Waals surface area contributed by atoms with Crippen LogP contribution >= 0.6 is 0 Å². The molecule has 2 heterocycles. The first-order chi connectivity index (χ1) is 9.27. The van der Waals surface area contributed by atoms with Gasteiger partial charge in [0, 0.05) is 18.4 Å². The van der Waals surface area contributed by atoms with E-state index in [0.717, 1.165) is 42.6 Å². The van der Waals surface area contributed by atoms with Crippen LogP contribution in [0.4, 0.5) is 5.69 Å². The molecule has 1 aromatic carbocycles. The number of anilines is 1. The molecule has 4 nitrogen and oxygen atoms in total. The molecule has 3 rings (SSSR count). The first-order valence-electron chi connectivity index (χ1n) is 6.72. The normalized spacial score (nSPS) is 16.7. The standard InChI is InChI=1S/C15H18N2O2/c1-17(15(18)11-6-8-16-9-7-11)13-10-19-14-5-3-2-4-12(13)14/h2-5,10-11,16H,6-9H2,1H3. The molecule has 100 valence electrons. The van der Waals surface area contributed by atoms with Gasteiger partial charge in [-0.15, -0.1) is 0 Å². The van der Waals surface area contributed by atoms with Crippen molar-refractivity contribution in [2.24, 2.45) is 5.92 Å². The minimum atomic E-state index is 0.125. The zero-order chi connectivity index (χ0) is 13.2. The Morgan fingerprint density at radius 1 is 1.32 bits per heavy atom. The van der Waals surface area contributed by atoms with Crippen molar-refractivity contribution >= 4 is 22.6 Å². The smallest absolute Gasteiger partial charge is 0.230 e. The van der Waals surface area contributed by atoms with E-state index < -0.39 is 0 Å². The number of benzene rings is 1. The maximum atomic E-state index is 12.5. The van der Waals surface area contributed by atoms with Gasteiger partial charge in [0.2, 0.25) is 5.91 Å². The van der Waals surface area contributed by atoms with Crippen molar-refractivity contribution in [3.63, 3.8) is 0 Å². The summed E-state index contributed by atoms with van der Waals surface area (Å²) in [6.07, 6.45) is 3.50. The van der Waals surface area contributed by atoms with Crippen molar-refractivity contribution in [1.82, 2.24) is 5.32 Å². The molecule has 0 saturated carbocycles. The molecule has 2 aromatic rings. The van der Waals surface area contributed by atoms with E-state index in [2.05, 4.69) is 5.32 Å². The molecule has 0 atom stereocenters. The molecule has 0 spiro atoms. The summed E-state index contributed by atoms with van der Waals surface area (Å²) in [5, 5.41) is 4.28. The second-order valence-corrected chi connectivity index (χ2v) is 5.04. The molecule has 4 heteroatoms. The van der Waals surface area contributed by atoms with E-state index in [0.29, 0.717) is 0 Å². The number of furan rings is 1. The van der Waals surface area contributed by atoms with Crippen molar-refractivity contribution in [1.29, 1.82) is 0 Å².